The van der Waals surface area contributed by atoms with Crippen molar-refractivity contribution in [1.29, 1.82) is 0 Å². The summed E-state index contributed by atoms with van der Waals surface area (Å²) in [6, 6.07) is 0. The molecule has 0 aromatic heterocycles. The Morgan fingerprint density at radius 2 is 1.86 bits per heavy atom. The van der Waals surface area contributed by atoms with E-state index in [1.165, 1.54) is 0 Å². The number of hydrogen-bond acceptors (Lipinski definition) is 4. The molecule has 2 aliphatic rings. The molecule has 0 aromatic rings. The molecule has 82 valence electrons. The van der Waals surface area contributed by atoms with E-state index in [-0.39, 0.29) is 5.54 Å². The molecule has 14 heavy (non-hydrogen) atoms. The van der Waals surface area contributed by atoms with Gasteiger partial charge in [0, 0.05) is 27.3 Å². The van der Waals surface area contributed by atoms with Crippen LogP contribution < -0.4 is 10.6 Å². The minimum Gasteiger partial charge on any atom is -0.383 e. The van der Waals surface area contributed by atoms with Crippen molar-refractivity contribution >= 4 is 0 Å². The quantitative estimate of drug-likeness (QED) is 0.639. The molecule has 2 fully saturated rings. The SMILES string of the molecule is COCC1(COC)NCC2CNCC21. The van der Waals surface area contributed by atoms with Crippen LogP contribution >= 0.6 is 0 Å². The molecule has 0 aromatic carbocycles. The van der Waals surface area contributed by atoms with Crippen molar-refractivity contribution in [1.82, 2.24) is 10.6 Å². The van der Waals surface area contributed by atoms with Crippen molar-refractivity contribution < 1.29 is 9.47 Å². The van der Waals surface area contributed by atoms with E-state index in [0.717, 1.165) is 38.8 Å². The van der Waals surface area contributed by atoms with E-state index in [9.17, 15) is 0 Å². The third-order valence-corrected chi connectivity index (χ3v) is 3.57. The van der Waals surface area contributed by atoms with E-state index < -0.39 is 0 Å². The number of fused-ring (bicyclic) bond motifs is 1. The van der Waals surface area contributed by atoms with Crippen LogP contribution in [-0.2, 0) is 9.47 Å². The maximum Gasteiger partial charge on any atom is 0.0697 e. The summed E-state index contributed by atoms with van der Waals surface area (Å²) in [6.45, 7) is 4.79. The molecule has 4 heteroatoms. The molecule has 2 atom stereocenters. The van der Waals surface area contributed by atoms with Crippen LogP contribution in [0.2, 0.25) is 0 Å². The summed E-state index contributed by atoms with van der Waals surface area (Å²) in [5, 5.41) is 7.03. The molecule has 0 saturated carbocycles. The molecule has 2 aliphatic heterocycles. The Hall–Kier alpha value is -0.160. The van der Waals surface area contributed by atoms with Gasteiger partial charge in [0.05, 0.1) is 18.8 Å². The number of nitrogens with one attached hydrogen (secondary N) is 2. The second-order valence-corrected chi connectivity index (χ2v) is 4.43. The summed E-state index contributed by atoms with van der Waals surface area (Å²) in [5.41, 5.74) is 0.0394. The van der Waals surface area contributed by atoms with E-state index in [2.05, 4.69) is 10.6 Å². The highest BCUT2D eigenvalue weighted by molar-refractivity contribution is 5.07. The molecular weight excluding hydrogens is 180 g/mol. The van der Waals surface area contributed by atoms with Gasteiger partial charge in [-0.3, -0.25) is 0 Å². The Kier molecular flexibility index (Phi) is 3.07. The lowest BCUT2D eigenvalue weighted by Crippen LogP contribution is -2.54. The lowest BCUT2D eigenvalue weighted by atomic mass is 9.83. The third-order valence-electron chi connectivity index (χ3n) is 3.57. The summed E-state index contributed by atoms with van der Waals surface area (Å²) in [4.78, 5) is 0. The average molecular weight is 200 g/mol. The number of rotatable bonds is 4. The van der Waals surface area contributed by atoms with Crippen LogP contribution in [0.15, 0.2) is 0 Å². The van der Waals surface area contributed by atoms with Crippen LogP contribution in [0, 0.1) is 11.8 Å². The largest absolute Gasteiger partial charge is 0.383 e. The monoisotopic (exact) mass is 200 g/mol. The Morgan fingerprint density at radius 3 is 2.50 bits per heavy atom. The molecule has 2 heterocycles. The van der Waals surface area contributed by atoms with Crippen LogP contribution in [0.4, 0.5) is 0 Å². The molecule has 0 spiro atoms. The van der Waals surface area contributed by atoms with Gasteiger partial charge in [-0.1, -0.05) is 0 Å². The van der Waals surface area contributed by atoms with Crippen LogP contribution in [0.3, 0.4) is 0 Å². The van der Waals surface area contributed by atoms with E-state index in [1.54, 1.807) is 14.2 Å². The minimum absolute atomic E-state index is 0.0394. The lowest BCUT2D eigenvalue weighted by Gasteiger charge is -2.33. The molecule has 0 bridgehead atoms. The average Bonchev–Trinajstić information content (AvgIpc) is 2.72. The van der Waals surface area contributed by atoms with Gasteiger partial charge in [-0.05, 0) is 18.4 Å². The summed E-state index contributed by atoms with van der Waals surface area (Å²) >= 11 is 0. The number of ether oxygens (including phenoxy) is 2. The van der Waals surface area contributed by atoms with E-state index in [4.69, 9.17) is 9.47 Å². The van der Waals surface area contributed by atoms with Crippen molar-refractivity contribution in [2.75, 3.05) is 47.1 Å². The molecule has 0 amide bonds. The van der Waals surface area contributed by atoms with Crippen LogP contribution in [0.25, 0.3) is 0 Å². The first kappa shape index (κ1) is 10.4. The second kappa shape index (κ2) is 4.14. The summed E-state index contributed by atoms with van der Waals surface area (Å²) < 4.78 is 10.6. The molecule has 2 N–H and O–H groups in total. The standard InChI is InChI=1S/C10H20N2O2/c1-13-6-10(7-14-2)9-5-11-3-8(9)4-12-10/h8-9,11-12H,3-7H2,1-2H3. The molecule has 0 radical (unpaired) electrons. The molecule has 2 unspecified atom stereocenters. The molecule has 0 aliphatic carbocycles. The van der Waals surface area contributed by atoms with Crippen molar-refractivity contribution in [3.63, 3.8) is 0 Å². The van der Waals surface area contributed by atoms with Crippen LogP contribution in [0.1, 0.15) is 0 Å². The van der Waals surface area contributed by atoms with Crippen molar-refractivity contribution in [2.24, 2.45) is 11.8 Å². The maximum atomic E-state index is 5.32. The van der Waals surface area contributed by atoms with Gasteiger partial charge in [0.15, 0.2) is 0 Å². The van der Waals surface area contributed by atoms with Gasteiger partial charge >= 0.3 is 0 Å². The van der Waals surface area contributed by atoms with E-state index >= 15 is 0 Å². The van der Waals surface area contributed by atoms with Gasteiger partial charge in [-0.15, -0.1) is 0 Å². The number of hydrogen-bond donors (Lipinski definition) is 2. The molecule has 2 rings (SSSR count). The topological polar surface area (TPSA) is 42.5 Å². The molecule has 4 nitrogen and oxygen atoms in total. The summed E-state index contributed by atoms with van der Waals surface area (Å²) in [7, 11) is 3.52. The molecular formula is C10H20N2O2. The lowest BCUT2D eigenvalue weighted by molar-refractivity contribution is 0.0283. The first-order valence-corrected chi connectivity index (χ1v) is 5.26. The summed E-state index contributed by atoms with van der Waals surface area (Å²) in [5.74, 6) is 1.41. The Morgan fingerprint density at radius 1 is 1.14 bits per heavy atom. The van der Waals surface area contributed by atoms with Gasteiger partial charge in [0.1, 0.15) is 0 Å². The van der Waals surface area contributed by atoms with E-state index in [0.29, 0.717) is 5.92 Å². The second-order valence-electron chi connectivity index (χ2n) is 4.43. The normalized spacial score (nSPS) is 34.7. The Labute approximate surface area is 85.3 Å². The minimum atomic E-state index is 0.0394. The zero-order valence-corrected chi connectivity index (χ0v) is 9.01. The summed E-state index contributed by atoms with van der Waals surface area (Å²) in [6.07, 6.45) is 0. The predicted octanol–water partition coefficient (Wildman–Crippen LogP) is -0.543. The highest BCUT2D eigenvalue weighted by Gasteiger charge is 2.50. The first-order valence-electron chi connectivity index (χ1n) is 5.26. The van der Waals surface area contributed by atoms with Gasteiger partial charge in [0.25, 0.3) is 0 Å². The van der Waals surface area contributed by atoms with Crippen molar-refractivity contribution in [3.05, 3.63) is 0 Å². The van der Waals surface area contributed by atoms with Crippen molar-refractivity contribution in [2.45, 2.75) is 5.54 Å². The van der Waals surface area contributed by atoms with Gasteiger partial charge in [-0.25, -0.2) is 0 Å². The van der Waals surface area contributed by atoms with Crippen LogP contribution in [0.5, 0.6) is 0 Å². The zero-order chi connectivity index (χ0) is 10.0. The number of methoxy groups -OCH3 is 2. The fraction of sp³-hybridized carbons (Fsp3) is 1.00. The first-order chi connectivity index (χ1) is 6.82. The van der Waals surface area contributed by atoms with Crippen LogP contribution in [-0.4, -0.2) is 52.6 Å². The fourth-order valence-corrected chi connectivity index (χ4v) is 2.93. The van der Waals surface area contributed by atoms with Crippen molar-refractivity contribution in [3.8, 4) is 0 Å². The predicted molar refractivity (Wildman–Crippen MR) is 54.3 cm³/mol. The Balaban J connectivity index is 2.09. The van der Waals surface area contributed by atoms with Gasteiger partial charge in [0.2, 0.25) is 0 Å². The third kappa shape index (κ3) is 1.56. The maximum absolute atomic E-state index is 5.32. The highest BCUT2D eigenvalue weighted by Crippen LogP contribution is 2.34. The fourth-order valence-electron chi connectivity index (χ4n) is 2.93. The molecule has 2 saturated heterocycles. The Bertz CT molecular complexity index is 187. The van der Waals surface area contributed by atoms with Gasteiger partial charge < -0.3 is 20.1 Å². The zero-order valence-electron chi connectivity index (χ0n) is 9.01. The van der Waals surface area contributed by atoms with Gasteiger partial charge in [-0.2, -0.15) is 0 Å². The van der Waals surface area contributed by atoms with E-state index in [1.807, 2.05) is 0 Å². The smallest absolute Gasteiger partial charge is 0.0697 e. The highest BCUT2D eigenvalue weighted by atomic mass is 16.5.